The van der Waals surface area contributed by atoms with Gasteiger partial charge in [-0.3, -0.25) is 4.79 Å². The number of carbonyl (C=O) groups is 1. The first-order valence-electron chi connectivity index (χ1n) is 9.32. The van der Waals surface area contributed by atoms with Gasteiger partial charge in [0.05, 0.1) is 23.7 Å². The molecule has 0 saturated heterocycles. The number of benzene rings is 2. The first kappa shape index (κ1) is 19.5. The lowest BCUT2D eigenvalue weighted by atomic mass is 9.99. The molecule has 0 saturated carbocycles. The summed E-state index contributed by atoms with van der Waals surface area (Å²) in [6.07, 6.45) is 0.345. The van der Waals surface area contributed by atoms with E-state index in [0.29, 0.717) is 23.1 Å². The SMILES string of the molecule is Cc1nc(CC(=O)NCC2Cc3cc(-c4ccc(C)c(F)c4)cc(F)c3O2)cs1. The van der Waals surface area contributed by atoms with Gasteiger partial charge in [0.15, 0.2) is 11.6 Å². The van der Waals surface area contributed by atoms with E-state index in [-0.39, 0.29) is 36.5 Å². The predicted octanol–water partition coefficient (Wildman–Crippen LogP) is 4.37. The lowest BCUT2D eigenvalue weighted by Gasteiger charge is -2.12. The summed E-state index contributed by atoms with van der Waals surface area (Å²) in [5.74, 6) is -0.748. The van der Waals surface area contributed by atoms with Gasteiger partial charge in [-0.05, 0) is 48.7 Å². The Morgan fingerprint density at radius 3 is 2.72 bits per heavy atom. The molecular formula is C22H20F2N2O2S. The summed E-state index contributed by atoms with van der Waals surface area (Å²) >= 11 is 1.50. The summed E-state index contributed by atoms with van der Waals surface area (Å²) in [7, 11) is 0. The molecule has 4 nitrogen and oxygen atoms in total. The second kappa shape index (κ2) is 7.91. The van der Waals surface area contributed by atoms with Gasteiger partial charge in [-0.1, -0.05) is 12.1 Å². The number of aromatic nitrogens is 1. The Balaban J connectivity index is 1.41. The average molecular weight is 414 g/mol. The molecule has 1 aliphatic heterocycles. The second-order valence-corrected chi connectivity index (χ2v) is 8.26. The fourth-order valence-corrected chi connectivity index (χ4v) is 4.00. The van der Waals surface area contributed by atoms with Crippen molar-refractivity contribution in [1.82, 2.24) is 10.3 Å². The second-order valence-electron chi connectivity index (χ2n) is 7.19. The van der Waals surface area contributed by atoms with Crippen LogP contribution in [0.5, 0.6) is 5.75 Å². The maximum Gasteiger partial charge on any atom is 0.226 e. The van der Waals surface area contributed by atoms with E-state index in [0.717, 1.165) is 16.3 Å². The Morgan fingerprint density at radius 1 is 1.21 bits per heavy atom. The molecule has 1 aliphatic rings. The number of aryl methyl sites for hydroxylation is 2. The third kappa shape index (κ3) is 4.29. The van der Waals surface area contributed by atoms with Gasteiger partial charge in [0.25, 0.3) is 0 Å². The van der Waals surface area contributed by atoms with Crippen molar-refractivity contribution >= 4 is 17.2 Å². The van der Waals surface area contributed by atoms with E-state index in [1.807, 2.05) is 18.4 Å². The van der Waals surface area contributed by atoms with Crippen LogP contribution >= 0.6 is 11.3 Å². The molecule has 1 unspecified atom stereocenters. The van der Waals surface area contributed by atoms with E-state index in [9.17, 15) is 13.6 Å². The molecule has 2 aromatic carbocycles. The summed E-state index contributed by atoms with van der Waals surface area (Å²) in [4.78, 5) is 16.4. The van der Waals surface area contributed by atoms with Crippen LogP contribution in [-0.2, 0) is 17.6 Å². The van der Waals surface area contributed by atoms with Crippen LogP contribution in [0.25, 0.3) is 11.1 Å². The highest BCUT2D eigenvalue weighted by Crippen LogP contribution is 2.36. The number of rotatable bonds is 5. The topological polar surface area (TPSA) is 51.2 Å². The zero-order valence-corrected chi connectivity index (χ0v) is 16.9. The molecule has 4 rings (SSSR count). The molecule has 1 aromatic heterocycles. The van der Waals surface area contributed by atoms with Gasteiger partial charge in [-0.15, -0.1) is 11.3 Å². The molecule has 1 amide bonds. The van der Waals surface area contributed by atoms with Gasteiger partial charge >= 0.3 is 0 Å². The van der Waals surface area contributed by atoms with Crippen molar-refractivity contribution in [2.45, 2.75) is 32.8 Å². The number of fused-ring (bicyclic) bond motifs is 1. The van der Waals surface area contributed by atoms with E-state index < -0.39 is 5.82 Å². The molecule has 3 aromatic rings. The Labute approximate surface area is 171 Å². The van der Waals surface area contributed by atoms with Crippen LogP contribution in [0.3, 0.4) is 0 Å². The molecule has 0 aliphatic carbocycles. The zero-order valence-electron chi connectivity index (χ0n) is 16.1. The largest absolute Gasteiger partial charge is 0.485 e. The lowest BCUT2D eigenvalue weighted by molar-refractivity contribution is -0.120. The van der Waals surface area contributed by atoms with Crippen molar-refractivity contribution < 1.29 is 18.3 Å². The average Bonchev–Trinajstić information content (AvgIpc) is 3.28. The predicted molar refractivity (Wildman–Crippen MR) is 108 cm³/mol. The Morgan fingerprint density at radius 2 is 2.00 bits per heavy atom. The van der Waals surface area contributed by atoms with Gasteiger partial charge in [0.2, 0.25) is 5.91 Å². The van der Waals surface area contributed by atoms with E-state index >= 15 is 0 Å². The van der Waals surface area contributed by atoms with Gasteiger partial charge in [-0.25, -0.2) is 13.8 Å². The standard InChI is InChI=1S/C22H20F2N2O2S/c1-12-3-4-14(7-19(12)23)15-5-16-6-18(28-22(16)20(24)8-15)10-25-21(27)9-17-11-29-13(2)26-17/h3-5,7-8,11,18H,6,9-10H2,1-2H3,(H,25,27). The van der Waals surface area contributed by atoms with Crippen LogP contribution < -0.4 is 10.1 Å². The first-order chi connectivity index (χ1) is 13.9. The van der Waals surface area contributed by atoms with E-state index in [1.54, 1.807) is 19.1 Å². The van der Waals surface area contributed by atoms with Crippen LogP contribution in [0, 0.1) is 25.5 Å². The van der Waals surface area contributed by atoms with Crippen molar-refractivity contribution in [1.29, 1.82) is 0 Å². The highest BCUT2D eigenvalue weighted by atomic mass is 32.1. The summed E-state index contributed by atoms with van der Waals surface area (Å²) in [5.41, 5.74) is 3.22. The number of hydrogen-bond donors (Lipinski definition) is 1. The number of carbonyl (C=O) groups excluding carboxylic acids is 1. The molecule has 29 heavy (non-hydrogen) atoms. The zero-order chi connectivity index (χ0) is 20.5. The molecule has 0 radical (unpaired) electrons. The smallest absolute Gasteiger partial charge is 0.226 e. The Hall–Kier alpha value is -2.80. The normalized spacial score (nSPS) is 15.1. The number of ether oxygens (including phenoxy) is 1. The molecule has 1 atom stereocenters. The third-order valence-corrected chi connectivity index (χ3v) is 5.72. The number of amides is 1. The molecule has 0 bridgehead atoms. The highest BCUT2D eigenvalue weighted by molar-refractivity contribution is 7.09. The van der Waals surface area contributed by atoms with Gasteiger partial charge in [0, 0.05) is 17.4 Å². The first-order valence-corrected chi connectivity index (χ1v) is 10.2. The molecule has 0 spiro atoms. The third-order valence-electron chi connectivity index (χ3n) is 4.89. The lowest BCUT2D eigenvalue weighted by Crippen LogP contribution is -2.35. The number of halogens is 2. The number of hydrogen-bond acceptors (Lipinski definition) is 4. The maximum absolute atomic E-state index is 14.6. The van der Waals surface area contributed by atoms with Gasteiger partial charge in [-0.2, -0.15) is 0 Å². The quantitative estimate of drug-likeness (QED) is 0.675. The number of nitrogens with one attached hydrogen (secondary N) is 1. The monoisotopic (exact) mass is 414 g/mol. The van der Waals surface area contributed by atoms with Crippen molar-refractivity contribution in [3.63, 3.8) is 0 Å². The maximum atomic E-state index is 14.6. The van der Waals surface area contributed by atoms with Crippen LogP contribution in [-0.4, -0.2) is 23.5 Å². The summed E-state index contributed by atoms with van der Waals surface area (Å²) in [6.45, 7) is 3.86. The molecule has 150 valence electrons. The minimum absolute atomic E-state index is 0.147. The van der Waals surface area contributed by atoms with Gasteiger partial charge in [0.1, 0.15) is 11.9 Å². The molecular weight excluding hydrogens is 394 g/mol. The minimum Gasteiger partial charge on any atom is -0.485 e. The summed E-state index contributed by atoms with van der Waals surface area (Å²) in [5, 5.41) is 5.61. The molecule has 1 N–H and O–H groups in total. The molecule has 0 fully saturated rings. The fraction of sp³-hybridized carbons (Fsp3) is 0.273. The summed E-state index contributed by atoms with van der Waals surface area (Å²) in [6, 6.07) is 8.03. The van der Waals surface area contributed by atoms with Crippen molar-refractivity contribution in [2.75, 3.05) is 6.54 Å². The van der Waals surface area contributed by atoms with E-state index in [2.05, 4.69) is 10.3 Å². The van der Waals surface area contributed by atoms with Crippen molar-refractivity contribution in [3.05, 3.63) is 69.2 Å². The number of thiazole rings is 1. The Kier molecular flexibility index (Phi) is 5.32. The van der Waals surface area contributed by atoms with E-state index in [1.165, 1.54) is 23.5 Å². The van der Waals surface area contributed by atoms with Crippen LogP contribution in [0.2, 0.25) is 0 Å². The highest BCUT2D eigenvalue weighted by Gasteiger charge is 2.27. The van der Waals surface area contributed by atoms with Crippen LogP contribution in [0.1, 0.15) is 21.8 Å². The van der Waals surface area contributed by atoms with Crippen molar-refractivity contribution in [2.24, 2.45) is 0 Å². The molecule has 2 heterocycles. The van der Waals surface area contributed by atoms with E-state index in [4.69, 9.17) is 4.74 Å². The number of nitrogens with zero attached hydrogens (tertiary/aromatic N) is 1. The molecule has 7 heteroatoms. The van der Waals surface area contributed by atoms with Crippen molar-refractivity contribution in [3.8, 4) is 16.9 Å². The Bertz CT molecular complexity index is 1080. The minimum atomic E-state index is -0.481. The fourth-order valence-electron chi connectivity index (χ4n) is 3.38. The van der Waals surface area contributed by atoms with Crippen LogP contribution in [0.4, 0.5) is 8.78 Å². The summed E-state index contributed by atoms with van der Waals surface area (Å²) < 4.78 is 34.1. The van der Waals surface area contributed by atoms with Crippen LogP contribution in [0.15, 0.2) is 35.7 Å². The van der Waals surface area contributed by atoms with Gasteiger partial charge < -0.3 is 10.1 Å².